The summed E-state index contributed by atoms with van der Waals surface area (Å²) in [6.07, 6.45) is -0.150. The monoisotopic (exact) mass is 312 g/mol. The minimum absolute atomic E-state index is 0.150. The number of carbonyl (C=O) groups is 1. The lowest BCUT2D eigenvalue weighted by molar-refractivity contribution is -0.120. The Morgan fingerprint density at radius 1 is 1.22 bits per heavy atom. The molecule has 118 valence electrons. The number of hydrogen-bond donors (Lipinski definition) is 1. The van der Waals surface area contributed by atoms with Gasteiger partial charge in [-0.3, -0.25) is 4.79 Å². The number of amides is 1. The highest BCUT2D eigenvalue weighted by Gasteiger charge is 2.09. The number of halogens is 1. The molecule has 0 aliphatic rings. The van der Waals surface area contributed by atoms with Crippen molar-refractivity contribution in [3.63, 3.8) is 0 Å². The maximum atomic E-state index is 12.8. The lowest BCUT2D eigenvalue weighted by Crippen LogP contribution is -2.25. The first-order valence-corrected chi connectivity index (χ1v) is 7.22. The third kappa shape index (κ3) is 5.11. The summed E-state index contributed by atoms with van der Waals surface area (Å²) in [6, 6.07) is 15.1. The van der Waals surface area contributed by atoms with E-state index in [0.29, 0.717) is 12.4 Å². The van der Waals surface area contributed by atoms with Gasteiger partial charge in [0, 0.05) is 0 Å². The molecular weight excluding hydrogens is 295 g/mol. The van der Waals surface area contributed by atoms with Crippen molar-refractivity contribution in [1.29, 1.82) is 5.26 Å². The lowest BCUT2D eigenvalue weighted by atomic mass is 10.1. The second-order valence-corrected chi connectivity index (χ2v) is 5.11. The summed E-state index contributed by atoms with van der Waals surface area (Å²) in [6.45, 7) is 2.21. The summed E-state index contributed by atoms with van der Waals surface area (Å²) in [4.78, 5) is 11.4. The summed E-state index contributed by atoms with van der Waals surface area (Å²) in [7, 11) is 0. The lowest BCUT2D eigenvalue weighted by Gasteiger charge is -2.14. The van der Waals surface area contributed by atoms with Gasteiger partial charge in [0.05, 0.1) is 12.1 Å². The molecule has 1 unspecified atom stereocenters. The van der Waals surface area contributed by atoms with Crippen molar-refractivity contribution < 1.29 is 13.9 Å². The van der Waals surface area contributed by atoms with Gasteiger partial charge in [-0.2, -0.15) is 5.26 Å². The highest BCUT2D eigenvalue weighted by molar-refractivity contribution is 5.78. The van der Waals surface area contributed by atoms with E-state index in [2.05, 4.69) is 5.32 Å². The molecule has 0 heterocycles. The van der Waals surface area contributed by atoms with E-state index in [9.17, 15) is 9.18 Å². The molecule has 5 heteroatoms. The van der Waals surface area contributed by atoms with Crippen LogP contribution in [0.2, 0.25) is 0 Å². The molecule has 0 aliphatic carbocycles. The Balaban J connectivity index is 1.90. The fourth-order valence-electron chi connectivity index (χ4n) is 2.05. The topological polar surface area (TPSA) is 62.1 Å². The standard InChI is InChI=1S/C18H17FN2O2/c1-13(21-18(22)10-11-20)15-4-8-17(9-5-15)23-12-14-2-6-16(19)7-3-14/h2-9,13H,10,12H2,1H3,(H,21,22). The molecule has 23 heavy (non-hydrogen) atoms. The Bertz CT molecular complexity index is 690. The molecule has 0 fully saturated rings. The van der Waals surface area contributed by atoms with E-state index >= 15 is 0 Å². The summed E-state index contributed by atoms with van der Waals surface area (Å²) in [5.74, 6) is 0.121. The van der Waals surface area contributed by atoms with Crippen molar-refractivity contribution >= 4 is 5.91 Å². The average molecular weight is 312 g/mol. The molecule has 0 bridgehead atoms. The van der Waals surface area contributed by atoms with Crippen LogP contribution in [-0.2, 0) is 11.4 Å². The van der Waals surface area contributed by atoms with E-state index in [1.807, 2.05) is 37.3 Å². The van der Waals surface area contributed by atoms with Gasteiger partial charge in [-0.05, 0) is 42.3 Å². The second-order valence-electron chi connectivity index (χ2n) is 5.11. The average Bonchev–Trinajstić information content (AvgIpc) is 2.55. The number of ether oxygens (including phenoxy) is 1. The zero-order valence-electron chi connectivity index (χ0n) is 12.8. The maximum Gasteiger partial charge on any atom is 0.234 e. The molecule has 0 radical (unpaired) electrons. The fraction of sp³-hybridized carbons (Fsp3) is 0.222. The molecule has 0 aliphatic heterocycles. The van der Waals surface area contributed by atoms with Gasteiger partial charge in [0.15, 0.2) is 0 Å². The fourth-order valence-corrected chi connectivity index (χ4v) is 2.05. The summed E-state index contributed by atoms with van der Waals surface area (Å²) >= 11 is 0. The number of nitriles is 1. The number of hydrogen-bond acceptors (Lipinski definition) is 3. The molecule has 4 nitrogen and oxygen atoms in total. The van der Waals surface area contributed by atoms with Gasteiger partial charge in [0.2, 0.25) is 5.91 Å². The third-order valence-corrected chi connectivity index (χ3v) is 3.32. The van der Waals surface area contributed by atoms with Crippen LogP contribution in [0.1, 0.15) is 30.5 Å². The van der Waals surface area contributed by atoms with Crippen molar-refractivity contribution in [3.8, 4) is 11.8 Å². The van der Waals surface area contributed by atoms with E-state index in [0.717, 1.165) is 11.1 Å². The van der Waals surface area contributed by atoms with Crippen molar-refractivity contribution in [1.82, 2.24) is 5.32 Å². The first-order chi connectivity index (χ1) is 11.1. The van der Waals surface area contributed by atoms with Gasteiger partial charge in [-0.25, -0.2) is 4.39 Å². The Kier molecular flexibility index (Phi) is 5.70. The largest absolute Gasteiger partial charge is 0.489 e. The van der Waals surface area contributed by atoms with Gasteiger partial charge in [0.1, 0.15) is 24.6 Å². The molecule has 0 saturated heterocycles. The predicted molar refractivity (Wildman–Crippen MR) is 84.0 cm³/mol. The van der Waals surface area contributed by atoms with Crippen LogP contribution >= 0.6 is 0 Å². The van der Waals surface area contributed by atoms with Crippen LogP contribution in [0.15, 0.2) is 48.5 Å². The minimum Gasteiger partial charge on any atom is -0.489 e. The van der Waals surface area contributed by atoms with Gasteiger partial charge in [-0.15, -0.1) is 0 Å². The van der Waals surface area contributed by atoms with E-state index in [4.69, 9.17) is 10.00 Å². The molecule has 2 aromatic carbocycles. The number of carbonyl (C=O) groups excluding carboxylic acids is 1. The van der Waals surface area contributed by atoms with Gasteiger partial charge < -0.3 is 10.1 Å². The zero-order valence-corrected chi connectivity index (χ0v) is 12.8. The molecule has 0 aromatic heterocycles. The summed E-state index contributed by atoms with van der Waals surface area (Å²) in [5.41, 5.74) is 1.80. The number of nitrogens with one attached hydrogen (secondary N) is 1. The molecular formula is C18H17FN2O2. The SMILES string of the molecule is CC(NC(=O)CC#N)c1ccc(OCc2ccc(F)cc2)cc1. The van der Waals surface area contributed by atoms with E-state index in [1.165, 1.54) is 12.1 Å². The van der Waals surface area contributed by atoms with Crippen molar-refractivity contribution in [2.24, 2.45) is 0 Å². The smallest absolute Gasteiger partial charge is 0.234 e. The molecule has 2 rings (SSSR count). The van der Waals surface area contributed by atoms with Crippen LogP contribution in [0.4, 0.5) is 4.39 Å². The van der Waals surface area contributed by atoms with Crippen molar-refractivity contribution in [3.05, 3.63) is 65.5 Å². The minimum atomic E-state index is -0.295. The Morgan fingerprint density at radius 3 is 2.48 bits per heavy atom. The molecule has 2 aromatic rings. The van der Waals surface area contributed by atoms with Crippen LogP contribution in [0.5, 0.6) is 5.75 Å². The Morgan fingerprint density at radius 2 is 1.87 bits per heavy atom. The highest BCUT2D eigenvalue weighted by atomic mass is 19.1. The van der Waals surface area contributed by atoms with Gasteiger partial charge in [0.25, 0.3) is 0 Å². The second kappa shape index (κ2) is 7.95. The third-order valence-electron chi connectivity index (χ3n) is 3.32. The summed E-state index contributed by atoms with van der Waals surface area (Å²) in [5, 5.41) is 11.2. The van der Waals surface area contributed by atoms with Gasteiger partial charge >= 0.3 is 0 Å². The van der Waals surface area contributed by atoms with Crippen LogP contribution in [0.25, 0.3) is 0 Å². The quantitative estimate of drug-likeness (QED) is 0.888. The first kappa shape index (κ1) is 16.5. The van der Waals surface area contributed by atoms with Crippen LogP contribution < -0.4 is 10.1 Å². The van der Waals surface area contributed by atoms with Crippen molar-refractivity contribution in [2.75, 3.05) is 0 Å². The predicted octanol–water partition coefficient (Wildman–Crippen LogP) is 3.50. The Hall–Kier alpha value is -2.87. The zero-order chi connectivity index (χ0) is 16.7. The Labute approximate surface area is 134 Å². The number of benzene rings is 2. The highest BCUT2D eigenvalue weighted by Crippen LogP contribution is 2.18. The first-order valence-electron chi connectivity index (χ1n) is 7.22. The van der Waals surface area contributed by atoms with Crippen LogP contribution in [0.3, 0.4) is 0 Å². The van der Waals surface area contributed by atoms with E-state index in [1.54, 1.807) is 12.1 Å². The van der Waals surface area contributed by atoms with E-state index in [-0.39, 0.29) is 24.2 Å². The molecule has 1 amide bonds. The maximum absolute atomic E-state index is 12.8. The number of rotatable bonds is 6. The number of nitrogens with zero attached hydrogens (tertiary/aromatic N) is 1. The van der Waals surface area contributed by atoms with Gasteiger partial charge in [-0.1, -0.05) is 24.3 Å². The van der Waals surface area contributed by atoms with Crippen LogP contribution in [-0.4, -0.2) is 5.91 Å². The summed E-state index contributed by atoms with van der Waals surface area (Å²) < 4.78 is 18.5. The normalized spacial score (nSPS) is 11.3. The molecule has 0 spiro atoms. The van der Waals surface area contributed by atoms with E-state index < -0.39 is 0 Å². The molecule has 0 saturated carbocycles. The molecule has 1 atom stereocenters. The van der Waals surface area contributed by atoms with Crippen molar-refractivity contribution in [2.45, 2.75) is 26.0 Å². The van der Waals surface area contributed by atoms with Crippen LogP contribution in [0, 0.1) is 17.1 Å². The molecule has 1 N–H and O–H groups in total.